The first-order valence-corrected chi connectivity index (χ1v) is 12.2. The summed E-state index contributed by atoms with van der Waals surface area (Å²) < 4.78 is 35.7. The van der Waals surface area contributed by atoms with Crippen molar-refractivity contribution in [3.05, 3.63) is 53.6 Å². The van der Waals surface area contributed by atoms with Crippen molar-refractivity contribution in [1.82, 2.24) is 4.90 Å². The highest BCUT2D eigenvalue weighted by molar-refractivity contribution is 7.92. The first-order chi connectivity index (χ1) is 15.2. The molecule has 1 N–H and O–H groups in total. The standard InChI is InChI=1S/C23H28N2O6S.ClH/c1-30-21-6-4-5-19(23(21)31-2)22(27)17-11-13-25(14-12-17)15-20(26)16-7-9-18(10-8-16)24-32(3,28)29;/h4-10,17,24H,11-15H2,1-3H3;1H. The summed E-state index contributed by atoms with van der Waals surface area (Å²) >= 11 is 0. The van der Waals surface area contributed by atoms with E-state index in [1.165, 1.54) is 14.2 Å². The van der Waals surface area contributed by atoms with Gasteiger partial charge in [-0.1, -0.05) is 6.07 Å². The first kappa shape index (κ1) is 26.6. The molecule has 10 heteroatoms. The zero-order valence-electron chi connectivity index (χ0n) is 18.9. The summed E-state index contributed by atoms with van der Waals surface area (Å²) in [5.41, 5.74) is 1.45. The number of carbonyl (C=O) groups excluding carboxylic acids is 2. The first-order valence-electron chi connectivity index (χ1n) is 10.3. The van der Waals surface area contributed by atoms with Gasteiger partial charge in [0.15, 0.2) is 23.1 Å². The second-order valence-corrected chi connectivity index (χ2v) is 9.58. The molecule has 1 aliphatic heterocycles. The van der Waals surface area contributed by atoms with Crippen molar-refractivity contribution < 1.29 is 27.5 Å². The van der Waals surface area contributed by atoms with Crippen LogP contribution in [0.15, 0.2) is 42.5 Å². The van der Waals surface area contributed by atoms with Crippen molar-refractivity contribution in [3.8, 4) is 11.5 Å². The molecule has 3 rings (SSSR count). The lowest BCUT2D eigenvalue weighted by molar-refractivity contribution is 0.0803. The van der Waals surface area contributed by atoms with Crippen LogP contribution in [0.25, 0.3) is 0 Å². The maximum absolute atomic E-state index is 13.1. The molecule has 0 aliphatic carbocycles. The number of sulfonamides is 1. The number of ketones is 2. The van der Waals surface area contributed by atoms with Gasteiger partial charge in [-0.15, -0.1) is 12.4 Å². The summed E-state index contributed by atoms with van der Waals surface area (Å²) in [4.78, 5) is 27.7. The lowest BCUT2D eigenvalue weighted by Crippen LogP contribution is -2.39. The van der Waals surface area contributed by atoms with Gasteiger partial charge in [-0.25, -0.2) is 8.42 Å². The molecule has 0 unspecified atom stereocenters. The van der Waals surface area contributed by atoms with E-state index in [4.69, 9.17) is 9.47 Å². The number of hydrogen-bond donors (Lipinski definition) is 1. The molecule has 33 heavy (non-hydrogen) atoms. The number of carbonyl (C=O) groups is 2. The minimum atomic E-state index is -3.36. The average molecular weight is 497 g/mol. The van der Waals surface area contributed by atoms with Crippen LogP contribution in [0.2, 0.25) is 0 Å². The fourth-order valence-electron chi connectivity index (χ4n) is 3.89. The Kier molecular flexibility index (Phi) is 9.27. The van der Waals surface area contributed by atoms with E-state index < -0.39 is 10.0 Å². The van der Waals surface area contributed by atoms with Crippen molar-refractivity contribution >= 4 is 39.7 Å². The molecule has 1 fully saturated rings. The Morgan fingerprint density at radius 1 is 1.03 bits per heavy atom. The lowest BCUT2D eigenvalue weighted by atomic mass is 9.88. The number of anilines is 1. The molecule has 1 aliphatic rings. The number of benzene rings is 2. The van der Waals surface area contributed by atoms with E-state index in [9.17, 15) is 18.0 Å². The third-order valence-electron chi connectivity index (χ3n) is 5.50. The van der Waals surface area contributed by atoms with Gasteiger partial charge in [0.2, 0.25) is 10.0 Å². The largest absolute Gasteiger partial charge is 0.493 e. The molecule has 2 aromatic rings. The number of ether oxygens (including phenoxy) is 2. The molecule has 2 aromatic carbocycles. The number of rotatable bonds is 9. The smallest absolute Gasteiger partial charge is 0.229 e. The highest BCUT2D eigenvalue weighted by Gasteiger charge is 2.29. The van der Waals surface area contributed by atoms with E-state index in [2.05, 4.69) is 4.72 Å². The minimum Gasteiger partial charge on any atom is -0.493 e. The normalized spacial score (nSPS) is 14.8. The maximum Gasteiger partial charge on any atom is 0.229 e. The maximum atomic E-state index is 13.1. The quantitative estimate of drug-likeness (QED) is 0.531. The molecule has 0 saturated carbocycles. The van der Waals surface area contributed by atoms with Crippen LogP contribution in [0.3, 0.4) is 0 Å². The third-order valence-corrected chi connectivity index (χ3v) is 6.11. The summed E-state index contributed by atoms with van der Waals surface area (Å²) in [7, 11) is -0.300. The van der Waals surface area contributed by atoms with Crippen molar-refractivity contribution in [2.75, 3.05) is 44.8 Å². The van der Waals surface area contributed by atoms with Crippen LogP contribution in [0, 0.1) is 5.92 Å². The fraction of sp³-hybridized carbons (Fsp3) is 0.391. The monoisotopic (exact) mass is 496 g/mol. The predicted molar refractivity (Wildman–Crippen MR) is 130 cm³/mol. The van der Waals surface area contributed by atoms with Crippen LogP contribution in [0.5, 0.6) is 11.5 Å². The number of para-hydroxylation sites is 1. The van der Waals surface area contributed by atoms with Gasteiger partial charge in [-0.05, 0) is 62.3 Å². The molecule has 0 amide bonds. The van der Waals surface area contributed by atoms with E-state index in [1.807, 2.05) is 4.90 Å². The van der Waals surface area contributed by atoms with Gasteiger partial charge in [0.1, 0.15) is 0 Å². The Morgan fingerprint density at radius 2 is 1.67 bits per heavy atom. The van der Waals surface area contributed by atoms with Gasteiger partial charge in [0.25, 0.3) is 0 Å². The Balaban J connectivity index is 0.00000385. The molecular weight excluding hydrogens is 468 g/mol. The topological polar surface area (TPSA) is 102 Å². The van der Waals surface area contributed by atoms with Gasteiger partial charge in [0.05, 0.1) is 32.6 Å². The number of likely N-dealkylation sites (tertiary alicyclic amines) is 1. The predicted octanol–water partition coefficient (Wildman–Crippen LogP) is 3.27. The summed E-state index contributed by atoms with van der Waals surface area (Å²) in [5.74, 6) is 0.824. The summed E-state index contributed by atoms with van der Waals surface area (Å²) in [6, 6.07) is 11.7. The van der Waals surface area contributed by atoms with E-state index in [0.29, 0.717) is 54.2 Å². The molecular formula is C23H29ClN2O6S. The van der Waals surface area contributed by atoms with E-state index in [1.54, 1.807) is 42.5 Å². The van der Waals surface area contributed by atoms with Crippen LogP contribution in [0.1, 0.15) is 33.6 Å². The van der Waals surface area contributed by atoms with Gasteiger partial charge >= 0.3 is 0 Å². The Labute approximate surface area is 200 Å². The number of methoxy groups -OCH3 is 2. The molecule has 0 atom stereocenters. The van der Waals surface area contributed by atoms with Crippen molar-refractivity contribution in [2.45, 2.75) is 12.8 Å². The molecule has 0 bridgehead atoms. The minimum absolute atomic E-state index is 0. The van der Waals surface area contributed by atoms with Gasteiger partial charge in [0, 0.05) is 17.2 Å². The molecule has 0 spiro atoms. The molecule has 0 aromatic heterocycles. The van der Waals surface area contributed by atoms with Gasteiger partial charge in [-0.2, -0.15) is 0 Å². The van der Waals surface area contributed by atoms with Crippen LogP contribution >= 0.6 is 12.4 Å². The van der Waals surface area contributed by atoms with Crippen molar-refractivity contribution in [1.29, 1.82) is 0 Å². The Hall–Kier alpha value is -2.62. The van der Waals surface area contributed by atoms with E-state index >= 15 is 0 Å². The Bertz CT molecular complexity index is 1080. The van der Waals surface area contributed by atoms with Crippen molar-refractivity contribution in [3.63, 3.8) is 0 Å². The molecule has 180 valence electrons. The van der Waals surface area contributed by atoms with E-state index in [0.717, 1.165) is 6.26 Å². The summed E-state index contributed by atoms with van der Waals surface area (Å²) in [6.45, 7) is 1.53. The number of halogens is 1. The number of hydrogen-bond acceptors (Lipinski definition) is 7. The summed E-state index contributed by atoms with van der Waals surface area (Å²) in [5, 5.41) is 0. The van der Waals surface area contributed by atoms with Crippen LogP contribution in [-0.2, 0) is 10.0 Å². The molecule has 1 heterocycles. The third kappa shape index (κ3) is 6.93. The highest BCUT2D eigenvalue weighted by atomic mass is 35.5. The lowest BCUT2D eigenvalue weighted by Gasteiger charge is -2.31. The van der Waals surface area contributed by atoms with Crippen LogP contribution in [-0.4, -0.2) is 65.0 Å². The number of piperidine rings is 1. The Morgan fingerprint density at radius 3 is 2.21 bits per heavy atom. The zero-order chi connectivity index (χ0) is 23.3. The SMILES string of the molecule is COc1cccc(C(=O)C2CCN(CC(=O)c3ccc(NS(C)(=O)=O)cc3)CC2)c1OC.Cl. The number of nitrogens with one attached hydrogen (secondary N) is 1. The zero-order valence-corrected chi connectivity index (χ0v) is 20.5. The van der Waals surface area contributed by atoms with Crippen LogP contribution < -0.4 is 14.2 Å². The second kappa shape index (κ2) is 11.5. The average Bonchev–Trinajstić information content (AvgIpc) is 2.77. The molecule has 1 saturated heterocycles. The van der Waals surface area contributed by atoms with Gasteiger partial charge in [-0.3, -0.25) is 19.2 Å². The number of nitrogens with zero attached hydrogens (tertiary/aromatic N) is 1. The fourth-order valence-corrected chi connectivity index (χ4v) is 4.45. The molecule has 8 nitrogen and oxygen atoms in total. The van der Waals surface area contributed by atoms with Crippen molar-refractivity contribution in [2.24, 2.45) is 5.92 Å². The number of Topliss-reactive ketones (excluding diaryl/α,β-unsaturated/α-hetero) is 2. The van der Waals surface area contributed by atoms with Crippen LogP contribution in [0.4, 0.5) is 5.69 Å². The second-order valence-electron chi connectivity index (χ2n) is 7.83. The molecule has 0 radical (unpaired) electrons. The summed E-state index contributed by atoms with van der Waals surface area (Å²) in [6.07, 6.45) is 2.39. The van der Waals surface area contributed by atoms with Gasteiger partial charge < -0.3 is 9.47 Å². The highest BCUT2D eigenvalue weighted by Crippen LogP contribution is 2.34. The van der Waals surface area contributed by atoms with E-state index in [-0.39, 0.29) is 36.4 Å².